The first-order chi connectivity index (χ1) is 4.04. The zero-order valence-corrected chi connectivity index (χ0v) is 5.83. The van der Waals surface area contributed by atoms with E-state index in [1.807, 2.05) is 0 Å². The van der Waals surface area contributed by atoms with Crippen LogP contribution in [0.25, 0.3) is 0 Å². The van der Waals surface area contributed by atoms with Gasteiger partial charge in [0.25, 0.3) is 0 Å². The van der Waals surface area contributed by atoms with E-state index in [1.54, 1.807) is 6.92 Å². The zero-order chi connectivity index (χ0) is 7.49. The summed E-state index contributed by atoms with van der Waals surface area (Å²) in [5.41, 5.74) is -1.34. The van der Waals surface area contributed by atoms with Crippen LogP contribution >= 0.6 is 0 Å². The van der Waals surface area contributed by atoms with Gasteiger partial charge in [0, 0.05) is 0 Å². The van der Waals surface area contributed by atoms with Gasteiger partial charge in [0.15, 0.2) is 0 Å². The highest BCUT2D eigenvalue weighted by molar-refractivity contribution is 4.79. The van der Waals surface area contributed by atoms with E-state index in [9.17, 15) is 0 Å². The van der Waals surface area contributed by atoms with Crippen LogP contribution in [0.1, 0.15) is 20.3 Å². The molecule has 3 nitrogen and oxygen atoms in total. The molecule has 0 saturated heterocycles. The molecular weight excluding hydrogens is 120 g/mol. The number of hydrogen-bond acceptors (Lipinski definition) is 3. The van der Waals surface area contributed by atoms with Crippen molar-refractivity contribution in [3.8, 4) is 0 Å². The molecule has 0 radical (unpaired) electrons. The van der Waals surface area contributed by atoms with E-state index in [0.29, 0.717) is 6.42 Å². The molecule has 0 heterocycles. The van der Waals surface area contributed by atoms with Crippen molar-refractivity contribution in [1.29, 1.82) is 0 Å². The molecule has 56 valence electrons. The lowest BCUT2D eigenvalue weighted by Crippen LogP contribution is -2.42. The SMILES string of the molecule is CC[C@@H](O)[C@@](C)(O)CO. The molecule has 0 aliphatic carbocycles. The molecule has 0 fully saturated rings. The largest absolute Gasteiger partial charge is 0.393 e. The average Bonchev–Trinajstić information content (AvgIpc) is 1.86. The van der Waals surface area contributed by atoms with Crippen LogP contribution in [-0.4, -0.2) is 33.6 Å². The number of hydrogen-bond donors (Lipinski definition) is 3. The standard InChI is InChI=1S/C6H14O3/c1-3-5(8)6(2,9)4-7/h5,7-9H,3-4H2,1-2H3/t5-,6+/m1/s1. The molecule has 2 atom stereocenters. The Morgan fingerprint density at radius 1 is 1.56 bits per heavy atom. The minimum Gasteiger partial charge on any atom is -0.393 e. The quantitative estimate of drug-likeness (QED) is 0.487. The van der Waals surface area contributed by atoms with Crippen LogP contribution < -0.4 is 0 Å². The fraction of sp³-hybridized carbons (Fsp3) is 1.00. The van der Waals surface area contributed by atoms with Gasteiger partial charge in [-0.25, -0.2) is 0 Å². The normalized spacial score (nSPS) is 21.0. The van der Waals surface area contributed by atoms with Crippen molar-refractivity contribution < 1.29 is 15.3 Å². The Bertz CT molecular complexity index is 80.4. The van der Waals surface area contributed by atoms with Crippen molar-refractivity contribution >= 4 is 0 Å². The third-order valence-electron chi connectivity index (χ3n) is 1.42. The third-order valence-corrected chi connectivity index (χ3v) is 1.42. The van der Waals surface area contributed by atoms with Crippen LogP contribution in [0.3, 0.4) is 0 Å². The first-order valence-corrected chi connectivity index (χ1v) is 3.06. The minimum absolute atomic E-state index is 0.401. The fourth-order valence-corrected chi connectivity index (χ4v) is 0.545. The third kappa shape index (κ3) is 2.30. The molecule has 0 spiro atoms. The predicted molar refractivity (Wildman–Crippen MR) is 34.0 cm³/mol. The Hall–Kier alpha value is -0.120. The van der Waals surface area contributed by atoms with Crippen molar-refractivity contribution in [2.24, 2.45) is 0 Å². The van der Waals surface area contributed by atoms with Gasteiger partial charge in [-0.1, -0.05) is 6.92 Å². The number of aliphatic hydroxyl groups excluding tert-OH is 2. The van der Waals surface area contributed by atoms with Gasteiger partial charge >= 0.3 is 0 Å². The summed E-state index contributed by atoms with van der Waals surface area (Å²) in [6.45, 7) is 2.75. The minimum atomic E-state index is -1.34. The summed E-state index contributed by atoms with van der Waals surface area (Å²) in [6.07, 6.45) is -0.379. The Kier molecular flexibility index (Phi) is 3.11. The van der Waals surface area contributed by atoms with Crippen LogP contribution in [-0.2, 0) is 0 Å². The maximum absolute atomic E-state index is 9.09. The van der Waals surface area contributed by atoms with Gasteiger partial charge in [-0.2, -0.15) is 0 Å². The van der Waals surface area contributed by atoms with Crippen molar-refractivity contribution in [3.63, 3.8) is 0 Å². The van der Waals surface area contributed by atoms with Crippen molar-refractivity contribution in [3.05, 3.63) is 0 Å². The van der Waals surface area contributed by atoms with Crippen molar-refractivity contribution in [1.82, 2.24) is 0 Å². The van der Waals surface area contributed by atoms with Gasteiger partial charge in [-0.05, 0) is 13.3 Å². The van der Waals surface area contributed by atoms with E-state index >= 15 is 0 Å². The zero-order valence-electron chi connectivity index (χ0n) is 5.83. The monoisotopic (exact) mass is 134 g/mol. The molecule has 0 aliphatic heterocycles. The van der Waals surface area contributed by atoms with Gasteiger partial charge in [-0.3, -0.25) is 0 Å². The molecule has 0 aliphatic rings. The van der Waals surface area contributed by atoms with Gasteiger partial charge in [0.2, 0.25) is 0 Å². The molecule has 9 heavy (non-hydrogen) atoms. The van der Waals surface area contributed by atoms with Crippen LogP contribution in [0, 0.1) is 0 Å². The first kappa shape index (κ1) is 8.88. The summed E-state index contributed by atoms with van der Waals surface area (Å²) < 4.78 is 0. The molecule has 0 unspecified atom stereocenters. The summed E-state index contributed by atoms with van der Waals surface area (Å²) >= 11 is 0. The second-order valence-corrected chi connectivity index (χ2v) is 2.44. The first-order valence-electron chi connectivity index (χ1n) is 3.06. The van der Waals surface area contributed by atoms with E-state index in [1.165, 1.54) is 6.92 Å². The van der Waals surface area contributed by atoms with Gasteiger partial charge in [0.05, 0.1) is 12.7 Å². The molecular formula is C6H14O3. The maximum atomic E-state index is 9.09. The molecule has 0 bridgehead atoms. The van der Waals surface area contributed by atoms with Crippen molar-refractivity contribution in [2.75, 3.05) is 6.61 Å². The highest BCUT2D eigenvalue weighted by atomic mass is 16.4. The number of rotatable bonds is 3. The summed E-state index contributed by atoms with van der Waals surface area (Å²) in [5.74, 6) is 0. The van der Waals surface area contributed by atoms with Gasteiger partial charge in [0.1, 0.15) is 5.60 Å². The summed E-state index contributed by atoms with van der Waals surface area (Å²) in [6, 6.07) is 0. The Labute approximate surface area is 54.9 Å². The Balaban J connectivity index is 3.80. The topological polar surface area (TPSA) is 60.7 Å². The van der Waals surface area contributed by atoms with Crippen LogP contribution in [0.15, 0.2) is 0 Å². The van der Waals surface area contributed by atoms with E-state index in [0.717, 1.165) is 0 Å². The van der Waals surface area contributed by atoms with Crippen LogP contribution in [0.4, 0.5) is 0 Å². The molecule has 0 amide bonds. The lowest BCUT2D eigenvalue weighted by atomic mass is 9.99. The number of aliphatic hydroxyl groups is 3. The second kappa shape index (κ2) is 3.15. The molecule has 0 rings (SSSR count). The van der Waals surface area contributed by atoms with Crippen LogP contribution in [0.2, 0.25) is 0 Å². The lowest BCUT2D eigenvalue weighted by molar-refractivity contribution is -0.0927. The van der Waals surface area contributed by atoms with E-state index in [-0.39, 0.29) is 0 Å². The Morgan fingerprint density at radius 2 is 2.00 bits per heavy atom. The molecule has 3 N–H and O–H groups in total. The van der Waals surface area contributed by atoms with E-state index in [2.05, 4.69) is 0 Å². The van der Waals surface area contributed by atoms with E-state index in [4.69, 9.17) is 15.3 Å². The Morgan fingerprint density at radius 3 is 2.11 bits per heavy atom. The molecule has 0 aromatic heterocycles. The predicted octanol–water partition coefficient (Wildman–Crippen LogP) is -0.499. The molecule has 3 heteroatoms. The van der Waals surface area contributed by atoms with Gasteiger partial charge < -0.3 is 15.3 Å². The molecule has 0 aromatic rings. The van der Waals surface area contributed by atoms with Crippen LogP contribution in [0.5, 0.6) is 0 Å². The lowest BCUT2D eigenvalue weighted by Gasteiger charge is -2.25. The molecule has 0 saturated carbocycles. The second-order valence-electron chi connectivity index (χ2n) is 2.44. The maximum Gasteiger partial charge on any atom is 0.111 e. The summed E-state index contributed by atoms with van der Waals surface area (Å²) in [4.78, 5) is 0. The summed E-state index contributed by atoms with van der Waals surface area (Å²) in [7, 11) is 0. The smallest absolute Gasteiger partial charge is 0.111 e. The summed E-state index contributed by atoms with van der Waals surface area (Å²) in [5, 5.41) is 26.6. The van der Waals surface area contributed by atoms with Gasteiger partial charge in [-0.15, -0.1) is 0 Å². The average molecular weight is 134 g/mol. The highest BCUT2D eigenvalue weighted by Crippen LogP contribution is 2.10. The molecule has 0 aromatic carbocycles. The highest BCUT2D eigenvalue weighted by Gasteiger charge is 2.27. The fourth-order valence-electron chi connectivity index (χ4n) is 0.545. The van der Waals surface area contributed by atoms with E-state index < -0.39 is 18.3 Å². The van der Waals surface area contributed by atoms with Crippen molar-refractivity contribution in [2.45, 2.75) is 32.0 Å².